The van der Waals surface area contributed by atoms with E-state index in [2.05, 4.69) is 15.1 Å². The van der Waals surface area contributed by atoms with Crippen LogP contribution in [0.4, 0.5) is 19.1 Å². The second-order valence-electron chi connectivity index (χ2n) is 5.88. The van der Waals surface area contributed by atoms with Crippen molar-refractivity contribution in [3.8, 4) is 0 Å². The van der Waals surface area contributed by atoms with Gasteiger partial charge in [0.25, 0.3) is 0 Å². The molecule has 1 aliphatic rings. The Bertz CT molecular complexity index is 865. The molecule has 0 amide bonds. The first-order valence-electron chi connectivity index (χ1n) is 7.73. The SMILES string of the molecule is FC(F)(F)c1ccnc(N2Cc3cn(Cc4ccccc4)nc3C2)n1. The Morgan fingerprint density at radius 2 is 1.84 bits per heavy atom. The third-order valence-corrected chi connectivity index (χ3v) is 4.03. The monoisotopic (exact) mass is 345 g/mol. The van der Waals surface area contributed by atoms with E-state index in [0.29, 0.717) is 19.6 Å². The van der Waals surface area contributed by atoms with E-state index in [0.717, 1.165) is 29.1 Å². The maximum atomic E-state index is 12.8. The average Bonchev–Trinajstić information content (AvgIpc) is 3.13. The number of aromatic nitrogens is 4. The molecule has 5 nitrogen and oxygen atoms in total. The second-order valence-corrected chi connectivity index (χ2v) is 5.88. The highest BCUT2D eigenvalue weighted by atomic mass is 19.4. The lowest BCUT2D eigenvalue weighted by Crippen LogP contribution is -2.20. The number of fused-ring (bicyclic) bond motifs is 1. The molecule has 2 aromatic heterocycles. The summed E-state index contributed by atoms with van der Waals surface area (Å²) in [6.45, 7) is 1.51. The van der Waals surface area contributed by atoms with Crippen molar-refractivity contribution < 1.29 is 13.2 Å². The smallest absolute Gasteiger partial charge is 0.330 e. The van der Waals surface area contributed by atoms with Crippen LogP contribution in [-0.4, -0.2) is 19.7 Å². The predicted molar refractivity (Wildman–Crippen MR) is 84.7 cm³/mol. The standard InChI is InChI=1S/C17H14F3N5/c18-17(19,20)15-6-7-21-16(22-15)24-9-13-10-25(23-14(13)11-24)8-12-4-2-1-3-5-12/h1-7,10H,8-9,11H2. The topological polar surface area (TPSA) is 46.8 Å². The fourth-order valence-corrected chi connectivity index (χ4v) is 2.86. The quantitative estimate of drug-likeness (QED) is 0.731. The third-order valence-electron chi connectivity index (χ3n) is 4.03. The van der Waals surface area contributed by atoms with Crippen LogP contribution in [0.1, 0.15) is 22.5 Å². The van der Waals surface area contributed by atoms with Gasteiger partial charge in [0.15, 0.2) is 0 Å². The largest absolute Gasteiger partial charge is 0.433 e. The molecule has 4 rings (SSSR count). The van der Waals surface area contributed by atoms with Crippen LogP contribution in [0.2, 0.25) is 0 Å². The van der Waals surface area contributed by atoms with Crippen molar-refractivity contribution in [1.29, 1.82) is 0 Å². The normalized spacial score (nSPS) is 14.0. The Labute approximate surface area is 141 Å². The molecule has 0 radical (unpaired) electrons. The number of hydrogen-bond acceptors (Lipinski definition) is 4. The lowest BCUT2D eigenvalue weighted by atomic mass is 10.2. The van der Waals surface area contributed by atoms with Gasteiger partial charge < -0.3 is 4.90 Å². The van der Waals surface area contributed by atoms with Crippen LogP contribution >= 0.6 is 0 Å². The number of anilines is 1. The van der Waals surface area contributed by atoms with E-state index in [9.17, 15) is 13.2 Å². The molecular formula is C17H14F3N5. The molecule has 1 aromatic carbocycles. The molecule has 0 bridgehead atoms. The van der Waals surface area contributed by atoms with Crippen LogP contribution in [0.25, 0.3) is 0 Å². The minimum Gasteiger partial charge on any atom is -0.330 e. The number of nitrogens with zero attached hydrogens (tertiary/aromatic N) is 5. The highest BCUT2D eigenvalue weighted by molar-refractivity contribution is 5.40. The number of alkyl halides is 3. The second kappa shape index (κ2) is 5.87. The van der Waals surface area contributed by atoms with Crippen LogP contribution in [0.15, 0.2) is 48.8 Å². The molecule has 0 atom stereocenters. The average molecular weight is 345 g/mol. The fourth-order valence-electron chi connectivity index (χ4n) is 2.86. The highest BCUT2D eigenvalue weighted by Crippen LogP contribution is 2.30. The predicted octanol–water partition coefficient (Wildman–Crippen LogP) is 3.26. The van der Waals surface area contributed by atoms with Gasteiger partial charge in [-0.25, -0.2) is 9.97 Å². The van der Waals surface area contributed by atoms with Crippen molar-refractivity contribution in [3.05, 3.63) is 71.3 Å². The number of halogens is 3. The van der Waals surface area contributed by atoms with Gasteiger partial charge in [0, 0.05) is 24.5 Å². The number of hydrogen-bond donors (Lipinski definition) is 0. The van der Waals surface area contributed by atoms with E-state index in [1.165, 1.54) is 0 Å². The molecule has 0 fully saturated rings. The maximum Gasteiger partial charge on any atom is 0.433 e. The van der Waals surface area contributed by atoms with E-state index in [1.807, 2.05) is 41.2 Å². The van der Waals surface area contributed by atoms with Gasteiger partial charge in [-0.1, -0.05) is 30.3 Å². The summed E-state index contributed by atoms with van der Waals surface area (Å²) in [5, 5.41) is 4.53. The zero-order valence-corrected chi connectivity index (χ0v) is 13.1. The first-order valence-corrected chi connectivity index (χ1v) is 7.73. The molecule has 0 aliphatic carbocycles. The summed E-state index contributed by atoms with van der Waals surface area (Å²) >= 11 is 0. The van der Waals surface area contributed by atoms with Crippen molar-refractivity contribution >= 4 is 5.95 Å². The molecular weight excluding hydrogens is 331 g/mol. The van der Waals surface area contributed by atoms with Gasteiger partial charge in [0.2, 0.25) is 5.95 Å². The summed E-state index contributed by atoms with van der Waals surface area (Å²) in [7, 11) is 0. The number of rotatable bonds is 3. The van der Waals surface area contributed by atoms with Crippen molar-refractivity contribution in [2.75, 3.05) is 4.90 Å². The Balaban J connectivity index is 1.50. The van der Waals surface area contributed by atoms with Gasteiger partial charge in [-0.3, -0.25) is 4.68 Å². The van der Waals surface area contributed by atoms with E-state index in [1.54, 1.807) is 4.90 Å². The van der Waals surface area contributed by atoms with Crippen molar-refractivity contribution in [2.24, 2.45) is 0 Å². The zero-order valence-electron chi connectivity index (χ0n) is 13.1. The van der Waals surface area contributed by atoms with Crippen LogP contribution in [0.5, 0.6) is 0 Å². The molecule has 1 aliphatic heterocycles. The lowest BCUT2D eigenvalue weighted by Gasteiger charge is -2.16. The van der Waals surface area contributed by atoms with Gasteiger partial charge >= 0.3 is 6.18 Å². The summed E-state index contributed by atoms with van der Waals surface area (Å²) in [5.74, 6) is 0.0717. The molecule has 0 N–H and O–H groups in total. The molecule has 3 heterocycles. The van der Waals surface area contributed by atoms with E-state index in [-0.39, 0.29) is 5.95 Å². The summed E-state index contributed by atoms with van der Waals surface area (Å²) < 4.78 is 40.2. The van der Waals surface area contributed by atoms with Crippen molar-refractivity contribution in [1.82, 2.24) is 19.7 Å². The van der Waals surface area contributed by atoms with Crippen LogP contribution in [0, 0.1) is 0 Å². The fraction of sp³-hybridized carbons (Fsp3) is 0.235. The Hall–Kier alpha value is -2.90. The third kappa shape index (κ3) is 3.19. The Morgan fingerprint density at radius 3 is 2.56 bits per heavy atom. The van der Waals surface area contributed by atoms with E-state index < -0.39 is 11.9 Å². The summed E-state index contributed by atoms with van der Waals surface area (Å²) in [6.07, 6.45) is -1.41. The number of benzene rings is 1. The van der Waals surface area contributed by atoms with Gasteiger partial charge in [-0.05, 0) is 11.6 Å². The molecule has 8 heteroatoms. The van der Waals surface area contributed by atoms with Gasteiger partial charge in [0.05, 0.1) is 18.8 Å². The van der Waals surface area contributed by atoms with Crippen molar-refractivity contribution in [3.63, 3.8) is 0 Å². The van der Waals surface area contributed by atoms with E-state index in [4.69, 9.17) is 0 Å². The van der Waals surface area contributed by atoms with E-state index >= 15 is 0 Å². The van der Waals surface area contributed by atoms with Crippen molar-refractivity contribution in [2.45, 2.75) is 25.8 Å². The van der Waals surface area contributed by atoms with Crippen LogP contribution in [0.3, 0.4) is 0 Å². The summed E-state index contributed by atoms with van der Waals surface area (Å²) in [5.41, 5.74) is 2.03. The first-order chi connectivity index (χ1) is 12.0. The lowest BCUT2D eigenvalue weighted by molar-refractivity contribution is -0.141. The molecule has 0 saturated heterocycles. The molecule has 3 aromatic rings. The van der Waals surface area contributed by atoms with Gasteiger partial charge in [0.1, 0.15) is 5.69 Å². The zero-order chi connectivity index (χ0) is 17.4. The molecule has 25 heavy (non-hydrogen) atoms. The minimum atomic E-state index is -4.48. The Kier molecular flexibility index (Phi) is 3.67. The van der Waals surface area contributed by atoms with Gasteiger partial charge in [-0.15, -0.1) is 0 Å². The first kappa shape index (κ1) is 15.6. The maximum absolute atomic E-state index is 12.8. The molecule has 0 unspecified atom stereocenters. The molecule has 0 saturated carbocycles. The summed E-state index contributed by atoms with van der Waals surface area (Å²) in [6, 6.07) is 10.8. The summed E-state index contributed by atoms with van der Waals surface area (Å²) in [4.78, 5) is 9.30. The van der Waals surface area contributed by atoms with Crippen LogP contribution < -0.4 is 4.90 Å². The highest BCUT2D eigenvalue weighted by Gasteiger charge is 2.34. The Morgan fingerprint density at radius 1 is 1.04 bits per heavy atom. The molecule has 128 valence electrons. The minimum absolute atomic E-state index is 0.0717. The van der Waals surface area contributed by atoms with Gasteiger partial charge in [-0.2, -0.15) is 18.3 Å². The van der Waals surface area contributed by atoms with Crippen LogP contribution in [-0.2, 0) is 25.8 Å². The molecule has 0 spiro atoms.